The molecule has 8 heteroatoms. The molecule has 18 heavy (non-hydrogen) atoms. The Morgan fingerprint density at radius 1 is 1.39 bits per heavy atom. The number of nitrogens with zero attached hydrogens (tertiary/aromatic N) is 3. The number of imidazole rings is 1. The molecule has 2 aromatic rings. The van der Waals surface area contributed by atoms with Gasteiger partial charge < -0.3 is 4.57 Å². The Kier molecular flexibility index (Phi) is 3.27. The number of hydrogen-bond acceptors (Lipinski definition) is 4. The molecule has 2 aromatic heterocycles. The predicted molar refractivity (Wildman–Crippen MR) is 68.0 cm³/mol. The number of pyridine rings is 1. The minimum Gasteiger partial charge on any atom is -0.324 e. The first-order chi connectivity index (χ1) is 8.40. The maximum atomic E-state index is 12.1. The Labute approximate surface area is 110 Å². The highest BCUT2D eigenvalue weighted by molar-refractivity contribution is 7.92. The summed E-state index contributed by atoms with van der Waals surface area (Å²) in [6.07, 6.45) is 2.86. The Hall–Kier alpha value is -1.60. The molecule has 0 radical (unpaired) electrons. The van der Waals surface area contributed by atoms with Crippen molar-refractivity contribution in [1.29, 1.82) is 0 Å². The first-order valence-electron chi connectivity index (χ1n) is 5.02. The second-order valence-corrected chi connectivity index (χ2v) is 5.70. The summed E-state index contributed by atoms with van der Waals surface area (Å²) in [7, 11) is -2.17. The summed E-state index contributed by atoms with van der Waals surface area (Å²) in [4.78, 5) is 7.75. The van der Waals surface area contributed by atoms with Crippen LogP contribution in [0.15, 0.2) is 29.7 Å². The van der Waals surface area contributed by atoms with Gasteiger partial charge in [0.15, 0.2) is 0 Å². The van der Waals surface area contributed by atoms with Gasteiger partial charge in [0.2, 0.25) is 5.03 Å². The number of hydrogen-bond donors (Lipinski definition) is 1. The summed E-state index contributed by atoms with van der Waals surface area (Å²) >= 11 is 5.86. The second-order valence-electron chi connectivity index (χ2n) is 3.74. The van der Waals surface area contributed by atoms with Gasteiger partial charge in [0.1, 0.15) is 5.15 Å². The number of aromatic nitrogens is 3. The van der Waals surface area contributed by atoms with E-state index in [4.69, 9.17) is 11.6 Å². The lowest BCUT2D eigenvalue weighted by molar-refractivity contribution is 0.598. The summed E-state index contributed by atoms with van der Waals surface area (Å²) < 4.78 is 27.9. The molecule has 2 heterocycles. The minimum absolute atomic E-state index is 0.0632. The molecule has 0 saturated heterocycles. The van der Waals surface area contributed by atoms with Crippen molar-refractivity contribution in [2.75, 3.05) is 4.72 Å². The standard InChI is InChI=1S/C10H11ClN4O2S/c1-7-5-8(3-4-12-7)14-18(16,17)10-9(11)15(2)6-13-10/h3-6H,1-2H3,(H,12,14). The van der Waals surface area contributed by atoms with Crippen LogP contribution in [0.3, 0.4) is 0 Å². The molecule has 6 nitrogen and oxygen atoms in total. The van der Waals surface area contributed by atoms with Crippen LogP contribution < -0.4 is 4.72 Å². The van der Waals surface area contributed by atoms with Crippen LogP contribution in [0.1, 0.15) is 5.69 Å². The molecule has 0 aliphatic rings. The van der Waals surface area contributed by atoms with Crippen LogP contribution in [0.4, 0.5) is 5.69 Å². The van der Waals surface area contributed by atoms with Crippen molar-refractivity contribution in [3.05, 3.63) is 35.5 Å². The highest BCUT2D eigenvalue weighted by atomic mass is 35.5. The smallest absolute Gasteiger partial charge is 0.282 e. The molecule has 96 valence electrons. The van der Waals surface area contributed by atoms with Gasteiger partial charge in [0.25, 0.3) is 10.0 Å². The van der Waals surface area contributed by atoms with Crippen LogP contribution in [0.5, 0.6) is 0 Å². The molecule has 0 spiro atoms. The highest BCUT2D eigenvalue weighted by Gasteiger charge is 2.22. The van der Waals surface area contributed by atoms with E-state index >= 15 is 0 Å². The van der Waals surface area contributed by atoms with Gasteiger partial charge in [-0.15, -0.1) is 0 Å². The number of rotatable bonds is 3. The third-order valence-corrected chi connectivity index (χ3v) is 4.11. The van der Waals surface area contributed by atoms with E-state index < -0.39 is 10.0 Å². The van der Waals surface area contributed by atoms with Crippen molar-refractivity contribution < 1.29 is 8.42 Å². The maximum absolute atomic E-state index is 12.1. The predicted octanol–water partition coefficient (Wildman–Crippen LogP) is 1.58. The van der Waals surface area contributed by atoms with Gasteiger partial charge in [-0.2, -0.15) is 8.42 Å². The SMILES string of the molecule is Cc1cc(NS(=O)(=O)c2ncn(C)c2Cl)ccn1. The Morgan fingerprint density at radius 2 is 2.11 bits per heavy atom. The second kappa shape index (κ2) is 4.58. The molecule has 0 fully saturated rings. The Bertz CT molecular complexity index is 681. The van der Waals surface area contributed by atoms with Crippen molar-refractivity contribution in [3.63, 3.8) is 0 Å². The first-order valence-corrected chi connectivity index (χ1v) is 6.88. The molecular weight excluding hydrogens is 276 g/mol. The van der Waals surface area contributed by atoms with E-state index in [9.17, 15) is 8.42 Å². The van der Waals surface area contributed by atoms with Gasteiger partial charge in [-0.1, -0.05) is 11.6 Å². The van der Waals surface area contributed by atoms with Crippen LogP contribution in [0, 0.1) is 6.92 Å². The van der Waals surface area contributed by atoms with E-state index in [0.717, 1.165) is 0 Å². The monoisotopic (exact) mass is 286 g/mol. The van der Waals surface area contributed by atoms with Gasteiger partial charge in [0, 0.05) is 18.9 Å². The molecule has 0 atom stereocenters. The lowest BCUT2D eigenvalue weighted by atomic mass is 10.3. The molecular formula is C10H11ClN4O2S. The van der Waals surface area contributed by atoms with E-state index in [1.54, 1.807) is 26.1 Å². The molecule has 0 saturated carbocycles. The van der Waals surface area contributed by atoms with Crippen LogP contribution >= 0.6 is 11.6 Å². The third kappa shape index (κ3) is 2.46. The largest absolute Gasteiger partial charge is 0.324 e. The van der Waals surface area contributed by atoms with E-state index in [0.29, 0.717) is 11.4 Å². The van der Waals surface area contributed by atoms with Crippen molar-refractivity contribution in [1.82, 2.24) is 14.5 Å². The van der Waals surface area contributed by atoms with Gasteiger partial charge in [-0.05, 0) is 19.1 Å². The highest BCUT2D eigenvalue weighted by Crippen LogP contribution is 2.21. The molecule has 0 aromatic carbocycles. The first kappa shape index (κ1) is 12.8. The van der Waals surface area contributed by atoms with Crippen LogP contribution in [0.2, 0.25) is 5.15 Å². The topological polar surface area (TPSA) is 76.9 Å². The summed E-state index contributed by atoms with van der Waals surface area (Å²) in [5, 5.41) is -0.130. The third-order valence-electron chi connectivity index (χ3n) is 2.24. The van der Waals surface area contributed by atoms with Crippen molar-refractivity contribution in [3.8, 4) is 0 Å². The van der Waals surface area contributed by atoms with Crippen molar-refractivity contribution >= 4 is 27.3 Å². The zero-order valence-corrected chi connectivity index (χ0v) is 11.3. The minimum atomic E-state index is -3.78. The Morgan fingerprint density at radius 3 is 2.67 bits per heavy atom. The zero-order valence-electron chi connectivity index (χ0n) is 9.75. The molecule has 0 amide bonds. The van der Waals surface area contributed by atoms with Crippen molar-refractivity contribution in [2.45, 2.75) is 11.9 Å². The Balaban J connectivity index is 2.36. The summed E-state index contributed by atoms with van der Waals surface area (Å²) in [5.41, 5.74) is 1.13. The molecule has 0 aliphatic carbocycles. The summed E-state index contributed by atoms with van der Waals surface area (Å²) in [6.45, 7) is 1.77. The van der Waals surface area contributed by atoms with Crippen LogP contribution in [0.25, 0.3) is 0 Å². The number of nitrogens with one attached hydrogen (secondary N) is 1. The number of aryl methyl sites for hydroxylation is 2. The lowest BCUT2D eigenvalue weighted by Gasteiger charge is -2.06. The average Bonchev–Trinajstić information content (AvgIpc) is 2.59. The molecule has 2 rings (SSSR count). The molecule has 1 N–H and O–H groups in total. The average molecular weight is 287 g/mol. The zero-order chi connectivity index (χ0) is 13.3. The lowest BCUT2D eigenvalue weighted by Crippen LogP contribution is -2.14. The van der Waals surface area contributed by atoms with Crippen LogP contribution in [-0.2, 0) is 17.1 Å². The number of sulfonamides is 1. The van der Waals surface area contributed by atoms with Crippen LogP contribution in [-0.4, -0.2) is 23.0 Å². The summed E-state index contributed by atoms with van der Waals surface area (Å²) in [5.74, 6) is 0. The number of halogens is 1. The van der Waals surface area contributed by atoms with Crippen molar-refractivity contribution in [2.24, 2.45) is 7.05 Å². The van der Waals surface area contributed by atoms with E-state index in [-0.39, 0.29) is 10.2 Å². The summed E-state index contributed by atoms with van der Waals surface area (Å²) in [6, 6.07) is 3.18. The fraction of sp³-hybridized carbons (Fsp3) is 0.200. The van der Waals surface area contributed by atoms with E-state index in [2.05, 4.69) is 14.7 Å². The van der Waals surface area contributed by atoms with Gasteiger partial charge in [0.05, 0.1) is 12.0 Å². The molecule has 0 aliphatic heterocycles. The maximum Gasteiger partial charge on any atom is 0.282 e. The normalized spacial score (nSPS) is 11.5. The van der Waals surface area contributed by atoms with E-state index in [1.165, 1.54) is 17.1 Å². The fourth-order valence-electron chi connectivity index (χ4n) is 1.39. The van der Waals surface area contributed by atoms with E-state index in [1.807, 2.05) is 0 Å². The number of anilines is 1. The quantitative estimate of drug-likeness (QED) is 0.929. The van der Waals surface area contributed by atoms with Gasteiger partial charge >= 0.3 is 0 Å². The molecule has 0 unspecified atom stereocenters. The van der Waals surface area contributed by atoms with Gasteiger partial charge in [-0.3, -0.25) is 9.71 Å². The van der Waals surface area contributed by atoms with Gasteiger partial charge in [-0.25, -0.2) is 4.98 Å². The fourth-order valence-corrected chi connectivity index (χ4v) is 2.87. The molecule has 0 bridgehead atoms.